The van der Waals surface area contributed by atoms with E-state index in [0.29, 0.717) is 22.4 Å². The van der Waals surface area contributed by atoms with Gasteiger partial charge in [-0.1, -0.05) is 36.4 Å². The van der Waals surface area contributed by atoms with Gasteiger partial charge < -0.3 is 9.80 Å². The molecule has 0 radical (unpaired) electrons. The Hall–Kier alpha value is -2.92. The van der Waals surface area contributed by atoms with Crippen molar-refractivity contribution in [1.82, 2.24) is 9.80 Å². The summed E-state index contributed by atoms with van der Waals surface area (Å²) in [5.74, 6) is -0.536. The molecule has 0 spiro atoms. The Bertz CT molecular complexity index is 868. The molecule has 0 unspecified atom stereocenters. The molecule has 5 heteroatoms. The molecule has 0 atom stereocenters. The summed E-state index contributed by atoms with van der Waals surface area (Å²) in [5, 5.41) is 0. The molecule has 132 valence electrons. The molecule has 1 fully saturated rings. The third kappa shape index (κ3) is 2.91. The first kappa shape index (κ1) is 16.5. The number of hydrogen-bond donors (Lipinski definition) is 0. The summed E-state index contributed by atoms with van der Waals surface area (Å²) in [6.45, 7) is 3.66. The Balaban J connectivity index is 1.78. The average Bonchev–Trinajstić information content (AvgIpc) is 2.68. The predicted molar refractivity (Wildman–Crippen MR) is 102 cm³/mol. The minimum atomic E-state index is -0.271. The second-order valence-corrected chi connectivity index (χ2v) is 6.71. The molecular formula is C21H21N3O2. The van der Waals surface area contributed by atoms with Crippen molar-refractivity contribution >= 4 is 23.1 Å². The van der Waals surface area contributed by atoms with Crippen molar-refractivity contribution < 1.29 is 9.59 Å². The molecule has 4 rings (SSSR count). The van der Waals surface area contributed by atoms with Gasteiger partial charge >= 0.3 is 0 Å². The molecule has 26 heavy (non-hydrogen) atoms. The van der Waals surface area contributed by atoms with Crippen molar-refractivity contribution in [2.45, 2.75) is 0 Å². The summed E-state index contributed by atoms with van der Waals surface area (Å²) in [5.41, 5.74) is 2.46. The maximum absolute atomic E-state index is 13.2. The number of imide groups is 1. The van der Waals surface area contributed by atoms with Crippen LogP contribution < -0.4 is 4.90 Å². The molecule has 0 aromatic heterocycles. The quantitative estimate of drug-likeness (QED) is 0.618. The van der Waals surface area contributed by atoms with E-state index >= 15 is 0 Å². The van der Waals surface area contributed by atoms with Crippen molar-refractivity contribution in [3.05, 3.63) is 71.9 Å². The number of amides is 2. The van der Waals surface area contributed by atoms with E-state index in [9.17, 15) is 9.59 Å². The van der Waals surface area contributed by atoms with Gasteiger partial charge in [0.25, 0.3) is 11.8 Å². The molecule has 0 saturated carbocycles. The van der Waals surface area contributed by atoms with Gasteiger partial charge in [-0.05, 0) is 25.2 Å². The van der Waals surface area contributed by atoms with Crippen LogP contribution in [-0.2, 0) is 4.79 Å². The van der Waals surface area contributed by atoms with E-state index in [2.05, 4.69) is 16.8 Å². The molecule has 2 aromatic rings. The summed E-state index contributed by atoms with van der Waals surface area (Å²) in [7, 11) is 2.10. The van der Waals surface area contributed by atoms with Crippen molar-refractivity contribution in [3.8, 4) is 0 Å². The highest BCUT2D eigenvalue weighted by Crippen LogP contribution is 2.32. The zero-order valence-corrected chi connectivity index (χ0v) is 14.8. The normalized spacial score (nSPS) is 19.8. The highest BCUT2D eigenvalue weighted by Gasteiger charge is 2.36. The number of carbonyl (C=O) groups excluding carboxylic acids is 2. The van der Waals surface area contributed by atoms with Crippen LogP contribution in [0.15, 0.2) is 60.8 Å². The Morgan fingerprint density at radius 2 is 1.38 bits per heavy atom. The molecular weight excluding hydrogens is 326 g/mol. The lowest BCUT2D eigenvalue weighted by Gasteiger charge is -2.34. The lowest BCUT2D eigenvalue weighted by atomic mass is 9.93. The Labute approximate surface area is 153 Å². The van der Waals surface area contributed by atoms with Gasteiger partial charge in [0.1, 0.15) is 0 Å². The zero-order chi connectivity index (χ0) is 18.1. The van der Waals surface area contributed by atoms with Gasteiger partial charge in [0.2, 0.25) is 0 Å². The SMILES string of the molecule is CN1CCN(C=C2C(=O)N(c3ccccc3)C(=O)c3ccccc32)CC1. The number of benzene rings is 2. The van der Waals surface area contributed by atoms with Gasteiger partial charge in [0.05, 0.1) is 11.3 Å². The number of carbonyl (C=O) groups is 2. The van der Waals surface area contributed by atoms with Crippen LogP contribution in [0.25, 0.3) is 5.57 Å². The van der Waals surface area contributed by atoms with Gasteiger partial charge in [-0.2, -0.15) is 0 Å². The summed E-state index contributed by atoms with van der Waals surface area (Å²) < 4.78 is 0. The predicted octanol–water partition coefficient (Wildman–Crippen LogP) is 2.46. The van der Waals surface area contributed by atoms with Crippen LogP contribution in [0.5, 0.6) is 0 Å². The fraction of sp³-hybridized carbons (Fsp3) is 0.238. The lowest BCUT2D eigenvalue weighted by molar-refractivity contribution is -0.112. The second kappa shape index (κ2) is 6.77. The number of likely N-dealkylation sites (N-methyl/N-ethyl adjacent to an activating group) is 1. The van der Waals surface area contributed by atoms with Crippen LogP contribution in [0.3, 0.4) is 0 Å². The van der Waals surface area contributed by atoms with Crippen molar-refractivity contribution in [3.63, 3.8) is 0 Å². The van der Waals surface area contributed by atoms with Crippen LogP contribution in [-0.4, -0.2) is 54.8 Å². The molecule has 1 saturated heterocycles. The maximum atomic E-state index is 13.2. The van der Waals surface area contributed by atoms with E-state index in [1.54, 1.807) is 18.2 Å². The molecule has 2 heterocycles. The first-order chi connectivity index (χ1) is 12.6. The molecule has 2 amide bonds. The van der Waals surface area contributed by atoms with Crippen LogP contribution in [0.1, 0.15) is 15.9 Å². The highest BCUT2D eigenvalue weighted by molar-refractivity contribution is 6.40. The first-order valence-electron chi connectivity index (χ1n) is 8.83. The summed E-state index contributed by atoms with van der Waals surface area (Å²) in [6, 6.07) is 16.5. The number of para-hydroxylation sites is 1. The molecule has 2 aliphatic rings. The standard InChI is InChI=1S/C21H21N3O2/c1-22-11-13-23(14-12-22)15-19-17-9-5-6-10-18(17)20(25)24(21(19)26)16-7-3-2-4-8-16/h2-10,15H,11-14H2,1H3. The minimum Gasteiger partial charge on any atom is -0.374 e. The highest BCUT2D eigenvalue weighted by atomic mass is 16.2. The van der Waals surface area contributed by atoms with Gasteiger partial charge in [-0.25, -0.2) is 4.90 Å². The molecule has 2 aromatic carbocycles. The van der Waals surface area contributed by atoms with Crippen LogP contribution >= 0.6 is 0 Å². The third-order valence-electron chi connectivity index (χ3n) is 4.95. The number of hydrogen-bond acceptors (Lipinski definition) is 4. The molecule has 0 N–H and O–H groups in total. The number of rotatable bonds is 2. The topological polar surface area (TPSA) is 43.9 Å². The van der Waals surface area contributed by atoms with E-state index in [4.69, 9.17) is 0 Å². The molecule has 0 aliphatic carbocycles. The van der Waals surface area contributed by atoms with Gasteiger partial charge in [0, 0.05) is 43.5 Å². The Kier molecular flexibility index (Phi) is 4.31. The number of anilines is 1. The van der Waals surface area contributed by atoms with Crippen molar-refractivity contribution in [1.29, 1.82) is 0 Å². The van der Waals surface area contributed by atoms with Gasteiger partial charge in [-0.3, -0.25) is 9.59 Å². The van der Waals surface area contributed by atoms with Crippen molar-refractivity contribution in [2.24, 2.45) is 0 Å². The van der Waals surface area contributed by atoms with E-state index in [1.165, 1.54) is 4.90 Å². The van der Waals surface area contributed by atoms with E-state index in [0.717, 1.165) is 26.2 Å². The van der Waals surface area contributed by atoms with Crippen molar-refractivity contribution in [2.75, 3.05) is 38.1 Å². The monoisotopic (exact) mass is 347 g/mol. The van der Waals surface area contributed by atoms with Crippen LogP contribution in [0.4, 0.5) is 5.69 Å². The minimum absolute atomic E-state index is 0.265. The van der Waals surface area contributed by atoms with Gasteiger partial charge in [-0.15, -0.1) is 0 Å². The lowest BCUT2D eigenvalue weighted by Crippen LogP contribution is -2.44. The molecule has 2 aliphatic heterocycles. The average molecular weight is 347 g/mol. The fourth-order valence-corrected chi connectivity index (χ4v) is 3.42. The number of piperazine rings is 1. The Morgan fingerprint density at radius 1 is 0.769 bits per heavy atom. The number of nitrogens with zero attached hydrogens (tertiary/aromatic N) is 3. The van der Waals surface area contributed by atoms with Crippen LogP contribution in [0.2, 0.25) is 0 Å². The largest absolute Gasteiger partial charge is 0.374 e. The smallest absolute Gasteiger partial charge is 0.267 e. The van der Waals surface area contributed by atoms with E-state index < -0.39 is 0 Å². The molecule has 5 nitrogen and oxygen atoms in total. The summed E-state index contributed by atoms with van der Waals surface area (Å²) >= 11 is 0. The van der Waals surface area contributed by atoms with E-state index in [-0.39, 0.29) is 11.8 Å². The number of fused-ring (bicyclic) bond motifs is 1. The molecule has 0 bridgehead atoms. The van der Waals surface area contributed by atoms with Gasteiger partial charge in [0.15, 0.2) is 0 Å². The summed E-state index contributed by atoms with van der Waals surface area (Å²) in [4.78, 5) is 31.9. The third-order valence-corrected chi connectivity index (χ3v) is 4.95. The van der Waals surface area contributed by atoms with Crippen LogP contribution in [0, 0.1) is 0 Å². The fourth-order valence-electron chi connectivity index (χ4n) is 3.42. The maximum Gasteiger partial charge on any atom is 0.267 e. The summed E-state index contributed by atoms with van der Waals surface area (Å²) in [6.07, 6.45) is 1.93. The Morgan fingerprint density at radius 3 is 2.08 bits per heavy atom. The van der Waals surface area contributed by atoms with E-state index in [1.807, 2.05) is 42.6 Å². The zero-order valence-electron chi connectivity index (χ0n) is 14.8. The first-order valence-corrected chi connectivity index (χ1v) is 8.83. The second-order valence-electron chi connectivity index (χ2n) is 6.71.